The van der Waals surface area contributed by atoms with E-state index in [0.717, 1.165) is 12.1 Å². The Bertz CT molecular complexity index is 482. The molecule has 0 atom stereocenters. The minimum Gasteiger partial charge on any atom is -0.379 e. The average molecular weight is 367 g/mol. The molecule has 0 radical (unpaired) electrons. The molecule has 0 unspecified atom stereocenters. The minimum atomic E-state index is -0.585. The maximum Gasteiger partial charge on any atom is 0.293 e. The lowest BCUT2D eigenvalue weighted by Crippen LogP contribution is -2.13. The van der Waals surface area contributed by atoms with Crippen molar-refractivity contribution in [2.45, 2.75) is 12.8 Å². The number of amides is 1. The van der Waals surface area contributed by atoms with Gasteiger partial charge >= 0.3 is 0 Å². The van der Waals surface area contributed by atoms with E-state index in [-0.39, 0.29) is 21.4 Å². The zero-order chi connectivity index (χ0) is 13.7. The summed E-state index contributed by atoms with van der Waals surface area (Å²) in [7, 11) is 0. The summed E-state index contributed by atoms with van der Waals surface area (Å²) in [5.74, 6) is -0.973. The number of benzene rings is 1. The Morgan fingerprint density at radius 2 is 2.22 bits per heavy atom. The maximum atomic E-state index is 13.3. The highest BCUT2D eigenvalue weighted by Gasteiger charge is 2.17. The number of hydrogen-bond donors (Lipinski definition) is 2. The molecule has 98 valence electrons. The molecule has 0 aliphatic rings. The van der Waals surface area contributed by atoms with Gasteiger partial charge in [0.15, 0.2) is 0 Å². The third-order valence-electron chi connectivity index (χ3n) is 2.15. The quantitative estimate of drug-likeness (QED) is 0.348. The number of nitro benzene ring substituents is 1. The number of halogens is 2. The molecular formula is C10H11FIN3O3. The number of nitrogens with two attached hydrogens (primary N) is 1. The minimum absolute atomic E-state index is 0.0994. The second-order valence-electron chi connectivity index (χ2n) is 3.54. The fourth-order valence-electron chi connectivity index (χ4n) is 1.31. The highest BCUT2D eigenvalue weighted by Crippen LogP contribution is 2.28. The SMILES string of the molecule is NC(=O)CCCNc1cc(F)c(I)cc1[N+](=O)[O-]. The molecule has 1 amide bonds. The van der Waals surface area contributed by atoms with Crippen molar-refractivity contribution < 1.29 is 14.1 Å². The van der Waals surface area contributed by atoms with Crippen LogP contribution in [0.3, 0.4) is 0 Å². The number of nitrogens with one attached hydrogen (secondary N) is 1. The highest BCUT2D eigenvalue weighted by atomic mass is 127. The van der Waals surface area contributed by atoms with E-state index in [9.17, 15) is 19.3 Å². The summed E-state index contributed by atoms with van der Waals surface area (Å²) in [6, 6.07) is 2.23. The number of carbonyl (C=O) groups excluding carboxylic acids is 1. The highest BCUT2D eigenvalue weighted by molar-refractivity contribution is 14.1. The first-order chi connectivity index (χ1) is 8.41. The van der Waals surface area contributed by atoms with E-state index < -0.39 is 16.6 Å². The topological polar surface area (TPSA) is 98.3 Å². The largest absolute Gasteiger partial charge is 0.379 e. The molecule has 0 saturated heterocycles. The summed E-state index contributed by atoms with van der Waals surface area (Å²) < 4.78 is 13.5. The Kier molecular flexibility index (Phi) is 5.25. The molecule has 0 aliphatic carbocycles. The number of carbonyl (C=O) groups is 1. The van der Waals surface area contributed by atoms with Crippen molar-refractivity contribution in [3.63, 3.8) is 0 Å². The second-order valence-corrected chi connectivity index (χ2v) is 4.70. The summed E-state index contributed by atoms with van der Waals surface area (Å²) in [6.07, 6.45) is 0.605. The first-order valence-corrected chi connectivity index (χ1v) is 6.15. The third kappa shape index (κ3) is 4.09. The number of hydrogen-bond acceptors (Lipinski definition) is 4. The van der Waals surface area contributed by atoms with Gasteiger partial charge in [0.1, 0.15) is 11.5 Å². The molecule has 0 aromatic heterocycles. The van der Waals surface area contributed by atoms with E-state index in [4.69, 9.17) is 5.73 Å². The van der Waals surface area contributed by atoms with Gasteiger partial charge in [0.2, 0.25) is 5.91 Å². The standard InChI is InChI=1S/C10H11FIN3O3/c11-6-4-8(14-3-1-2-10(13)16)9(15(17)18)5-7(6)12/h4-5,14H,1-3H2,(H2,13,16). The number of nitro groups is 1. The van der Waals surface area contributed by atoms with Crippen LogP contribution in [-0.2, 0) is 4.79 Å². The van der Waals surface area contributed by atoms with E-state index in [1.54, 1.807) is 22.6 Å². The lowest BCUT2D eigenvalue weighted by molar-refractivity contribution is -0.384. The van der Waals surface area contributed by atoms with Crippen LogP contribution in [0.15, 0.2) is 12.1 Å². The zero-order valence-electron chi connectivity index (χ0n) is 9.28. The van der Waals surface area contributed by atoms with Crippen molar-refractivity contribution in [1.82, 2.24) is 0 Å². The van der Waals surface area contributed by atoms with Crippen LogP contribution in [0.2, 0.25) is 0 Å². The molecule has 0 saturated carbocycles. The number of primary amides is 1. The van der Waals surface area contributed by atoms with E-state index in [0.29, 0.717) is 13.0 Å². The summed E-state index contributed by atoms with van der Waals surface area (Å²) in [4.78, 5) is 20.7. The predicted octanol–water partition coefficient (Wildman–Crippen LogP) is 2.02. The van der Waals surface area contributed by atoms with Crippen LogP contribution in [-0.4, -0.2) is 17.4 Å². The molecule has 1 rings (SSSR count). The molecule has 8 heteroatoms. The van der Waals surface area contributed by atoms with Gasteiger partial charge in [-0.15, -0.1) is 0 Å². The van der Waals surface area contributed by atoms with E-state index in [2.05, 4.69) is 5.32 Å². The van der Waals surface area contributed by atoms with Gasteiger partial charge in [0.05, 0.1) is 8.49 Å². The van der Waals surface area contributed by atoms with Crippen molar-refractivity contribution in [2.75, 3.05) is 11.9 Å². The number of rotatable bonds is 6. The normalized spacial score (nSPS) is 10.1. The predicted molar refractivity (Wildman–Crippen MR) is 72.7 cm³/mol. The molecule has 0 bridgehead atoms. The summed E-state index contributed by atoms with van der Waals surface area (Å²) in [5.41, 5.74) is 4.86. The molecule has 0 aliphatic heterocycles. The summed E-state index contributed by atoms with van der Waals surface area (Å²) in [5, 5.41) is 13.5. The van der Waals surface area contributed by atoms with Crippen molar-refractivity contribution in [3.05, 3.63) is 31.6 Å². The van der Waals surface area contributed by atoms with Gasteiger partial charge < -0.3 is 11.1 Å². The molecule has 1 aromatic rings. The van der Waals surface area contributed by atoms with Crippen LogP contribution in [0.5, 0.6) is 0 Å². The van der Waals surface area contributed by atoms with Crippen molar-refractivity contribution in [2.24, 2.45) is 5.73 Å². The second kappa shape index (κ2) is 6.47. The molecule has 0 fully saturated rings. The first kappa shape index (κ1) is 14.6. The summed E-state index contributed by atoms with van der Waals surface area (Å²) in [6.45, 7) is 0.309. The van der Waals surface area contributed by atoms with Crippen LogP contribution in [0, 0.1) is 19.5 Å². The average Bonchev–Trinajstić information content (AvgIpc) is 2.28. The van der Waals surface area contributed by atoms with E-state index in [1.807, 2.05) is 0 Å². The van der Waals surface area contributed by atoms with Gasteiger partial charge in [-0.05, 0) is 29.0 Å². The summed E-state index contributed by atoms with van der Waals surface area (Å²) >= 11 is 1.69. The van der Waals surface area contributed by atoms with Crippen LogP contribution in [0.1, 0.15) is 12.8 Å². The fourth-order valence-corrected chi connectivity index (χ4v) is 1.77. The van der Waals surface area contributed by atoms with Crippen LogP contribution < -0.4 is 11.1 Å². The Balaban J connectivity index is 2.77. The Labute approximate surface area is 116 Å². The van der Waals surface area contributed by atoms with Crippen molar-refractivity contribution >= 4 is 39.9 Å². The van der Waals surface area contributed by atoms with Crippen molar-refractivity contribution in [1.29, 1.82) is 0 Å². The van der Waals surface area contributed by atoms with Gasteiger partial charge in [0, 0.05) is 25.1 Å². The molecule has 18 heavy (non-hydrogen) atoms. The van der Waals surface area contributed by atoms with E-state index >= 15 is 0 Å². The first-order valence-electron chi connectivity index (χ1n) is 5.07. The lowest BCUT2D eigenvalue weighted by Gasteiger charge is -2.07. The lowest BCUT2D eigenvalue weighted by atomic mass is 10.2. The smallest absolute Gasteiger partial charge is 0.293 e. The van der Waals surface area contributed by atoms with Crippen LogP contribution in [0.25, 0.3) is 0 Å². The molecule has 3 N–H and O–H groups in total. The van der Waals surface area contributed by atoms with Gasteiger partial charge in [-0.2, -0.15) is 0 Å². The molecule has 1 aromatic carbocycles. The van der Waals surface area contributed by atoms with Gasteiger partial charge in [-0.25, -0.2) is 4.39 Å². The number of nitrogens with zero attached hydrogens (tertiary/aromatic N) is 1. The van der Waals surface area contributed by atoms with Crippen LogP contribution >= 0.6 is 22.6 Å². The van der Waals surface area contributed by atoms with Crippen LogP contribution in [0.4, 0.5) is 15.8 Å². The Morgan fingerprint density at radius 1 is 1.56 bits per heavy atom. The van der Waals surface area contributed by atoms with E-state index in [1.165, 1.54) is 0 Å². The van der Waals surface area contributed by atoms with Gasteiger partial charge in [-0.3, -0.25) is 14.9 Å². The zero-order valence-corrected chi connectivity index (χ0v) is 11.4. The molecule has 0 spiro atoms. The van der Waals surface area contributed by atoms with Gasteiger partial charge in [-0.1, -0.05) is 0 Å². The van der Waals surface area contributed by atoms with Gasteiger partial charge in [0.25, 0.3) is 5.69 Å². The molecule has 0 heterocycles. The molecule has 6 nitrogen and oxygen atoms in total. The Morgan fingerprint density at radius 3 is 2.78 bits per heavy atom. The number of anilines is 1. The molecular weight excluding hydrogens is 356 g/mol. The third-order valence-corrected chi connectivity index (χ3v) is 2.98. The monoisotopic (exact) mass is 367 g/mol. The van der Waals surface area contributed by atoms with Crippen molar-refractivity contribution in [3.8, 4) is 0 Å². The fraction of sp³-hybridized carbons (Fsp3) is 0.300. The maximum absolute atomic E-state index is 13.3. The Hall–Kier alpha value is -1.45.